The van der Waals surface area contributed by atoms with E-state index in [-0.39, 0.29) is 23.6 Å². The molecular formula is C10H18O3. The van der Waals surface area contributed by atoms with Gasteiger partial charge in [0.15, 0.2) is 0 Å². The summed E-state index contributed by atoms with van der Waals surface area (Å²) in [5.74, 6) is -0.257. The summed E-state index contributed by atoms with van der Waals surface area (Å²) in [4.78, 5) is 10.8. The Bertz CT molecular complexity index is 198. The fraction of sp³-hybridized carbons (Fsp3) is 0.900. The maximum Gasteiger partial charge on any atom is 0.302 e. The zero-order valence-electron chi connectivity index (χ0n) is 8.54. The predicted octanol–water partition coefficient (Wildman–Crippen LogP) is 1.49. The molecule has 1 rings (SSSR count). The molecule has 3 heteroatoms. The third kappa shape index (κ3) is 2.21. The van der Waals surface area contributed by atoms with Gasteiger partial charge in [-0.15, -0.1) is 0 Å². The first-order valence-electron chi connectivity index (χ1n) is 4.80. The van der Waals surface area contributed by atoms with Gasteiger partial charge in [0.25, 0.3) is 0 Å². The molecular weight excluding hydrogens is 168 g/mol. The van der Waals surface area contributed by atoms with Gasteiger partial charge in [-0.05, 0) is 19.3 Å². The van der Waals surface area contributed by atoms with Gasteiger partial charge in [-0.1, -0.05) is 13.8 Å². The summed E-state index contributed by atoms with van der Waals surface area (Å²) in [6.45, 7) is 5.31. The summed E-state index contributed by atoms with van der Waals surface area (Å²) in [5, 5.41) is 9.73. The highest BCUT2D eigenvalue weighted by atomic mass is 16.5. The number of aliphatic hydroxyl groups is 1. The Labute approximate surface area is 79.1 Å². The number of rotatable bonds is 1. The van der Waals surface area contributed by atoms with E-state index in [9.17, 15) is 9.90 Å². The van der Waals surface area contributed by atoms with Crippen molar-refractivity contribution in [1.29, 1.82) is 0 Å². The average Bonchev–Trinajstić information content (AvgIpc) is 1.99. The van der Waals surface area contributed by atoms with Crippen molar-refractivity contribution in [1.82, 2.24) is 0 Å². The molecule has 1 saturated carbocycles. The molecule has 0 spiro atoms. The largest absolute Gasteiger partial charge is 0.462 e. The van der Waals surface area contributed by atoms with E-state index in [0.29, 0.717) is 0 Å². The SMILES string of the molecule is CC(=O)O[C@@H]1CCC[C@H](O)C1(C)C. The lowest BCUT2D eigenvalue weighted by Crippen LogP contribution is -2.45. The lowest BCUT2D eigenvalue weighted by atomic mass is 9.72. The molecule has 0 bridgehead atoms. The zero-order chi connectivity index (χ0) is 10.1. The standard InChI is InChI=1S/C10H18O3/c1-7(11)13-9-6-4-5-8(12)10(9,2)3/h8-9,12H,4-6H2,1-3H3/t8-,9+/m0/s1. The number of aliphatic hydroxyl groups excluding tert-OH is 1. The molecule has 0 unspecified atom stereocenters. The van der Waals surface area contributed by atoms with Crippen molar-refractivity contribution in [3.8, 4) is 0 Å². The van der Waals surface area contributed by atoms with Crippen molar-refractivity contribution in [2.24, 2.45) is 5.41 Å². The van der Waals surface area contributed by atoms with Gasteiger partial charge in [0.1, 0.15) is 6.10 Å². The minimum atomic E-state index is -0.356. The molecule has 0 aromatic rings. The molecule has 1 aliphatic rings. The van der Waals surface area contributed by atoms with E-state index >= 15 is 0 Å². The first kappa shape index (κ1) is 10.5. The third-order valence-corrected chi connectivity index (χ3v) is 2.94. The first-order valence-corrected chi connectivity index (χ1v) is 4.80. The second-order valence-electron chi connectivity index (χ2n) is 4.37. The minimum Gasteiger partial charge on any atom is -0.462 e. The smallest absolute Gasteiger partial charge is 0.302 e. The van der Waals surface area contributed by atoms with Crippen LogP contribution in [0.4, 0.5) is 0 Å². The van der Waals surface area contributed by atoms with Crippen molar-refractivity contribution < 1.29 is 14.6 Å². The maximum absolute atomic E-state index is 10.8. The van der Waals surface area contributed by atoms with Crippen LogP contribution in [-0.4, -0.2) is 23.3 Å². The van der Waals surface area contributed by atoms with Crippen molar-refractivity contribution in [2.75, 3.05) is 0 Å². The lowest BCUT2D eigenvalue weighted by molar-refractivity contribution is -0.163. The van der Waals surface area contributed by atoms with Gasteiger partial charge in [0.2, 0.25) is 0 Å². The maximum atomic E-state index is 10.8. The normalized spacial score (nSPS) is 32.6. The minimum absolute atomic E-state index is 0.131. The van der Waals surface area contributed by atoms with E-state index in [1.807, 2.05) is 13.8 Å². The van der Waals surface area contributed by atoms with Crippen LogP contribution < -0.4 is 0 Å². The van der Waals surface area contributed by atoms with Gasteiger partial charge < -0.3 is 9.84 Å². The Morgan fingerprint density at radius 3 is 2.62 bits per heavy atom. The lowest BCUT2D eigenvalue weighted by Gasteiger charge is -2.41. The van der Waals surface area contributed by atoms with Crippen LogP contribution in [0.1, 0.15) is 40.0 Å². The molecule has 0 aromatic carbocycles. The van der Waals surface area contributed by atoms with Gasteiger partial charge in [-0.3, -0.25) is 4.79 Å². The second kappa shape index (κ2) is 3.66. The third-order valence-electron chi connectivity index (χ3n) is 2.94. The first-order chi connectivity index (χ1) is 5.94. The van der Waals surface area contributed by atoms with Crippen molar-refractivity contribution in [3.05, 3.63) is 0 Å². The number of hydrogen-bond acceptors (Lipinski definition) is 3. The number of hydrogen-bond donors (Lipinski definition) is 1. The van der Waals surface area contributed by atoms with Gasteiger partial charge in [0, 0.05) is 12.3 Å². The number of carbonyl (C=O) groups is 1. The summed E-state index contributed by atoms with van der Waals surface area (Å²) >= 11 is 0. The van der Waals surface area contributed by atoms with Crippen LogP contribution >= 0.6 is 0 Å². The van der Waals surface area contributed by atoms with Crippen molar-refractivity contribution >= 4 is 5.97 Å². The van der Waals surface area contributed by atoms with Crippen LogP contribution in [0, 0.1) is 5.41 Å². The van der Waals surface area contributed by atoms with Crippen LogP contribution in [-0.2, 0) is 9.53 Å². The molecule has 0 aliphatic heterocycles. The molecule has 0 heterocycles. The molecule has 0 radical (unpaired) electrons. The van der Waals surface area contributed by atoms with Crippen molar-refractivity contribution in [2.45, 2.75) is 52.2 Å². The monoisotopic (exact) mass is 186 g/mol. The second-order valence-corrected chi connectivity index (χ2v) is 4.37. The van der Waals surface area contributed by atoms with Gasteiger partial charge in [0.05, 0.1) is 6.10 Å². The number of ether oxygens (including phenoxy) is 1. The Hall–Kier alpha value is -0.570. The fourth-order valence-corrected chi connectivity index (χ4v) is 1.87. The highest BCUT2D eigenvalue weighted by Gasteiger charge is 2.41. The summed E-state index contributed by atoms with van der Waals surface area (Å²) < 4.78 is 5.18. The Balaban J connectivity index is 2.66. The highest BCUT2D eigenvalue weighted by molar-refractivity contribution is 5.66. The highest BCUT2D eigenvalue weighted by Crippen LogP contribution is 2.37. The Kier molecular flexibility index (Phi) is 2.96. The Morgan fingerprint density at radius 2 is 2.08 bits per heavy atom. The van der Waals surface area contributed by atoms with Crippen LogP contribution in [0.2, 0.25) is 0 Å². The molecule has 2 atom stereocenters. The molecule has 76 valence electrons. The summed E-state index contributed by atoms with van der Waals surface area (Å²) in [7, 11) is 0. The quantitative estimate of drug-likeness (QED) is 0.631. The van der Waals surface area contributed by atoms with Gasteiger partial charge >= 0.3 is 5.97 Å². The van der Waals surface area contributed by atoms with E-state index in [1.165, 1.54) is 6.92 Å². The molecule has 1 aliphatic carbocycles. The zero-order valence-corrected chi connectivity index (χ0v) is 8.54. The van der Waals surface area contributed by atoms with E-state index in [0.717, 1.165) is 19.3 Å². The van der Waals surface area contributed by atoms with Crippen LogP contribution in [0.5, 0.6) is 0 Å². The van der Waals surface area contributed by atoms with Crippen LogP contribution in [0.15, 0.2) is 0 Å². The number of carbonyl (C=O) groups excluding carboxylic acids is 1. The summed E-state index contributed by atoms with van der Waals surface area (Å²) in [6, 6.07) is 0. The average molecular weight is 186 g/mol. The molecule has 0 aromatic heterocycles. The van der Waals surface area contributed by atoms with E-state index in [4.69, 9.17) is 4.74 Å². The van der Waals surface area contributed by atoms with E-state index in [2.05, 4.69) is 0 Å². The fourth-order valence-electron chi connectivity index (χ4n) is 1.87. The summed E-state index contributed by atoms with van der Waals surface area (Å²) in [6.07, 6.45) is 2.12. The topological polar surface area (TPSA) is 46.5 Å². The molecule has 13 heavy (non-hydrogen) atoms. The van der Waals surface area contributed by atoms with E-state index in [1.54, 1.807) is 0 Å². The van der Waals surface area contributed by atoms with Gasteiger partial charge in [-0.2, -0.15) is 0 Å². The molecule has 1 fully saturated rings. The molecule has 0 amide bonds. The van der Waals surface area contributed by atoms with E-state index < -0.39 is 0 Å². The molecule has 0 saturated heterocycles. The number of esters is 1. The molecule has 3 nitrogen and oxygen atoms in total. The van der Waals surface area contributed by atoms with Crippen LogP contribution in [0.3, 0.4) is 0 Å². The van der Waals surface area contributed by atoms with Crippen LogP contribution in [0.25, 0.3) is 0 Å². The predicted molar refractivity (Wildman–Crippen MR) is 49.2 cm³/mol. The van der Waals surface area contributed by atoms with Crippen molar-refractivity contribution in [3.63, 3.8) is 0 Å². The Morgan fingerprint density at radius 1 is 1.46 bits per heavy atom. The summed E-state index contributed by atoms with van der Waals surface area (Å²) in [5.41, 5.74) is -0.302. The molecule has 1 N–H and O–H groups in total. The van der Waals surface area contributed by atoms with Gasteiger partial charge in [-0.25, -0.2) is 0 Å².